The molecule has 1 fully saturated rings. The zero-order valence-corrected chi connectivity index (χ0v) is 12.5. The van der Waals surface area contributed by atoms with Crippen molar-refractivity contribution in [1.29, 1.82) is 0 Å². The van der Waals surface area contributed by atoms with Gasteiger partial charge in [0.05, 0.1) is 6.61 Å². The number of methoxy groups -OCH3 is 1. The molecule has 1 aliphatic carbocycles. The standard InChI is InChI=1S/C15H23ClN2O/c1-3-18(8-9-19-2)15-7-4-13(16)10-12(15)11-17-14-5-6-14/h4,7,10,14,17H,3,5-6,8-9,11H2,1-2H3. The second kappa shape index (κ2) is 7.13. The average Bonchev–Trinajstić information content (AvgIpc) is 3.23. The Labute approximate surface area is 120 Å². The maximum atomic E-state index is 6.13. The highest BCUT2D eigenvalue weighted by atomic mass is 35.5. The van der Waals surface area contributed by atoms with Crippen molar-refractivity contribution < 1.29 is 4.74 Å². The number of hydrogen-bond acceptors (Lipinski definition) is 3. The van der Waals surface area contributed by atoms with Crippen LogP contribution in [0.1, 0.15) is 25.3 Å². The molecule has 0 spiro atoms. The van der Waals surface area contributed by atoms with E-state index in [1.54, 1.807) is 7.11 Å². The Balaban J connectivity index is 2.10. The Bertz CT molecular complexity index is 407. The first-order chi connectivity index (χ1) is 9.24. The first kappa shape index (κ1) is 14.6. The van der Waals surface area contributed by atoms with E-state index in [0.717, 1.165) is 31.3 Å². The Morgan fingerprint density at radius 2 is 2.21 bits per heavy atom. The third kappa shape index (κ3) is 4.37. The summed E-state index contributed by atoms with van der Waals surface area (Å²) in [6, 6.07) is 6.86. The van der Waals surface area contributed by atoms with Gasteiger partial charge in [0, 0.05) is 43.5 Å². The molecule has 0 aliphatic heterocycles. The van der Waals surface area contributed by atoms with E-state index in [0.29, 0.717) is 6.04 Å². The predicted octanol–water partition coefficient (Wildman–Crippen LogP) is 3.06. The van der Waals surface area contributed by atoms with Crippen molar-refractivity contribution in [2.45, 2.75) is 32.4 Å². The molecule has 0 radical (unpaired) electrons. The first-order valence-electron chi connectivity index (χ1n) is 7.00. The topological polar surface area (TPSA) is 24.5 Å². The summed E-state index contributed by atoms with van der Waals surface area (Å²) in [4.78, 5) is 2.34. The van der Waals surface area contributed by atoms with Gasteiger partial charge in [-0.05, 0) is 43.5 Å². The smallest absolute Gasteiger partial charge is 0.0637 e. The minimum atomic E-state index is 0.709. The third-order valence-electron chi connectivity index (χ3n) is 3.49. The van der Waals surface area contributed by atoms with E-state index in [-0.39, 0.29) is 0 Å². The molecule has 0 bridgehead atoms. The normalized spacial score (nSPS) is 14.7. The lowest BCUT2D eigenvalue weighted by atomic mass is 10.1. The molecule has 1 saturated carbocycles. The molecule has 0 aromatic heterocycles. The van der Waals surface area contributed by atoms with Crippen molar-refractivity contribution in [2.75, 3.05) is 31.7 Å². The summed E-state index contributed by atoms with van der Waals surface area (Å²) in [5.74, 6) is 0. The van der Waals surface area contributed by atoms with Gasteiger partial charge >= 0.3 is 0 Å². The third-order valence-corrected chi connectivity index (χ3v) is 3.72. The zero-order chi connectivity index (χ0) is 13.7. The number of ether oxygens (including phenoxy) is 1. The Kier molecular flexibility index (Phi) is 5.49. The molecule has 106 valence electrons. The Morgan fingerprint density at radius 1 is 1.42 bits per heavy atom. The summed E-state index contributed by atoms with van der Waals surface area (Å²) in [5.41, 5.74) is 2.54. The van der Waals surface area contributed by atoms with Crippen molar-refractivity contribution in [1.82, 2.24) is 5.32 Å². The van der Waals surface area contributed by atoms with Gasteiger partial charge in [0.25, 0.3) is 0 Å². The predicted molar refractivity (Wildman–Crippen MR) is 81.1 cm³/mol. The number of likely N-dealkylation sites (N-methyl/N-ethyl adjacent to an activating group) is 1. The van der Waals surface area contributed by atoms with Gasteiger partial charge in [-0.2, -0.15) is 0 Å². The summed E-state index contributed by atoms with van der Waals surface area (Å²) in [6.45, 7) is 5.69. The highest BCUT2D eigenvalue weighted by Crippen LogP contribution is 2.26. The van der Waals surface area contributed by atoms with Crippen molar-refractivity contribution >= 4 is 17.3 Å². The molecular weight excluding hydrogens is 260 g/mol. The molecule has 2 rings (SSSR count). The second-order valence-corrected chi connectivity index (χ2v) is 5.44. The van der Waals surface area contributed by atoms with Crippen LogP contribution in [0.4, 0.5) is 5.69 Å². The van der Waals surface area contributed by atoms with Crippen LogP contribution in [-0.2, 0) is 11.3 Å². The lowest BCUT2D eigenvalue weighted by Crippen LogP contribution is -2.28. The summed E-state index contributed by atoms with van der Waals surface area (Å²) >= 11 is 6.13. The fourth-order valence-corrected chi connectivity index (χ4v) is 2.39. The van der Waals surface area contributed by atoms with Gasteiger partial charge < -0.3 is 15.0 Å². The zero-order valence-electron chi connectivity index (χ0n) is 11.8. The molecule has 4 heteroatoms. The summed E-state index contributed by atoms with van der Waals surface area (Å²) < 4.78 is 5.18. The molecule has 0 atom stereocenters. The minimum Gasteiger partial charge on any atom is -0.383 e. The summed E-state index contributed by atoms with van der Waals surface area (Å²) in [5, 5.41) is 4.36. The van der Waals surface area contributed by atoms with Gasteiger partial charge in [-0.15, -0.1) is 0 Å². The molecule has 1 aromatic rings. The molecule has 1 aromatic carbocycles. The van der Waals surface area contributed by atoms with Crippen LogP contribution in [0.15, 0.2) is 18.2 Å². The molecule has 1 N–H and O–H groups in total. The summed E-state index contributed by atoms with van der Waals surface area (Å²) in [6.07, 6.45) is 2.61. The molecule has 3 nitrogen and oxygen atoms in total. The molecule has 0 amide bonds. The summed E-state index contributed by atoms with van der Waals surface area (Å²) in [7, 11) is 1.74. The average molecular weight is 283 g/mol. The highest BCUT2D eigenvalue weighted by molar-refractivity contribution is 6.30. The number of benzene rings is 1. The van der Waals surface area contributed by atoms with Crippen molar-refractivity contribution in [2.24, 2.45) is 0 Å². The Hall–Kier alpha value is -0.770. The fourth-order valence-electron chi connectivity index (χ4n) is 2.20. The van der Waals surface area contributed by atoms with Crippen LogP contribution in [0.3, 0.4) is 0 Å². The monoisotopic (exact) mass is 282 g/mol. The number of rotatable bonds is 8. The Morgan fingerprint density at radius 3 is 2.84 bits per heavy atom. The van der Waals surface area contributed by atoms with Crippen molar-refractivity contribution in [3.63, 3.8) is 0 Å². The second-order valence-electron chi connectivity index (χ2n) is 5.00. The van der Waals surface area contributed by atoms with E-state index in [2.05, 4.69) is 29.3 Å². The number of halogens is 1. The SMILES string of the molecule is CCN(CCOC)c1ccc(Cl)cc1CNC1CC1. The van der Waals surface area contributed by atoms with E-state index in [1.807, 2.05) is 6.07 Å². The lowest BCUT2D eigenvalue weighted by Gasteiger charge is -2.26. The molecule has 0 unspecified atom stereocenters. The molecule has 0 saturated heterocycles. The molecule has 0 heterocycles. The van der Waals surface area contributed by atoms with Crippen LogP contribution < -0.4 is 10.2 Å². The van der Waals surface area contributed by atoms with E-state index >= 15 is 0 Å². The van der Waals surface area contributed by atoms with Crippen LogP contribution >= 0.6 is 11.6 Å². The maximum absolute atomic E-state index is 6.13. The number of hydrogen-bond donors (Lipinski definition) is 1. The van der Waals surface area contributed by atoms with Gasteiger partial charge in [0.2, 0.25) is 0 Å². The minimum absolute atomic E-state index is 0.709. The van der Waals surface area contributed by atoms with Gasteiger partial charge in [0.15, 0.2) is 0 Å². The molecular formula is C15H23ClN2O. The lowest BCUT2D eigenvalue weighted by molar-refractivity contribution is 0.205. The van der Waals surface area contributed by atoms with Crippen molar-refractivity contribution in [3.8, 4) is 0 Å². The first-order valence-corrected chi connectivity index (χ1v) is 7.38. The van der Waals surface area contributed by atoms with Gasteiger partial charge in [-0.1, -0.05) is 11.6 Å². The van der Waals surface area contributed by atoms with E-state index in [4.69, 9.17) is 16.3 Å². The van der Waals surface area contributed by atoms with Crippen LogP contribution in [0.25, 0.3) is 0 Å². The van der Waals surface area contributed by atoms with Crippen LogP contribution in [0, 0.1) is 0 Å². The molecule has 1 aliphatic rings. The van der Waals surface area contributed by atoms with Gasteiger partial charge in [0.1, 0.15) is 0 Å². The quantitative estimate of drug-likeness (QED) is 0.793. The van der Waals surface area contributed by atoms with Crippen molar-refractivity contribution in [3.05, 3.63) is 28.8 Å². The molecule has 19 heavy (non-hydrogen) atoms. The van der Waals surface area contributed by atoms with Crippen LogP contribution in [0.2, 0.25) is 5.02 Å². The number of anilines is 1. The van der Waals surface area contributed by atoms with E-state index in [1.165, 1.54) is 24.1 Å². The van der Waals surface area contributed by atoms with Gasteiger partial charge in [-0.3, -0.25) is 0 Å². The van der Waals surface area contributed by atoms with E-state index < -0.39 is 0 Å². The largest absolute Gasteiger partial charge is 0.383 e. The van der Waals surface area contributed by atoms with Crippen LogP contribution in [0.5, 0.6) is 0 Å². The highest BCUT2D eigenvalue weighted by Gasteiger charge is 2.21. The number of nitrogens with one attached hydrogen (secondary N) is 1. The maximum Gasteiger partial charge on any atom is 0.0637 e. The van der Waals surface area contributed by atoms with Crippen LogP contribution in [-0.4, -0.2) is 32.8 Å². The number of nitrogens with zero attached hydrogens (tertiary/aromatic N) is 1. The van der Waals surface area contributed by atoms with E-state index in [9.17, 15) is 0 Å². The fraction of sp³-hybridized carbons (Fsp3) is 0.600. The van der Waals surface area contributed by atoms with Gasteiger partial charge in [-0.25, -0.2) is 0 Å².